The molecule has 0 radical (unpaired) electrons. The summed E-state index contributed by atoms with van der Waals surface area (Å²) in [5.74, 6) is 0.536. The number of anilines is 1. The monoisotopic (exact) mass is 197 g/mol. The van der Waals surface area contributed by atoms with E-state index in [1.807, 2.05) is 25.1 Å². The van der Waals surface area contributed by atoms with Crippen LogP contribution in [0, 0.1) is 0 Å². The summed E-state index contributed by atoms with van der Waals surface area (Å²) >= 11 is 6.13. The van der Waals surface area contributed by atoms with Gasteiger partial charge >= 0.3 is 0 Å². The minimum atomic E-state index is 0.536. The lowest BCUT2D eigenvalue weighted by molar-refractivity contribution is 0.866. The van der Waals surface area contributed by atoms with Crippen LogP contribution < -0.4 is 4.90 Å². The van der Waals surface area contributed by atoms with Gasteiger partial charge in [0.05, 0.1) is 10.7 Å². The summed E-state index contributed by atoms with van der Waals surface area (Å²) in [6.07, 6.45) is 0. The van der Waals surface area contributed by atoms with Gasteiger partial charge in [-0.1, -0.05) is 31.5 Å². The zero-order chi connectivity index (χ0) is 10.0. The maximum absolute atomic E-state index is 6.13. The molecule has 0 unspecified atom stereocenters. The van der Waals surface area contributed by atoms with E-state index in [0.29, 0.717) is 5.92 Å². The predicted molar refractivity (Wildman–Crippen MR) is 59.9 cm³/mol. The Morgan fingerprint density at radius 1 is 1.23 bits per heavy atom. The molecule has 0 saturated carbocycles. The summed E-state index contributed by atoms with van der Waals surface area (Å²) in [7, 11) is 3.99. The Labute approximate surface area is 85.3 Å². The molecule has 0 aliphatic rings. The Morgan fingerprint density at radius 2 is 1.85 bits per heavy atom. The SMILES string of the molecule is CC(C)c1ccc(N(C)C)c(Cl)c1. The van der Waals surface area contributed by atoms with Crippen molar-refractivity contribution >= 4 is 17.3 Å². The van der Waals surface area contributed by atoms with Crippen molar-refractivity contribution in [3.8, 4) is 0 Å². The average molecular weight is 198 g/mol. The second-order valence-corrected chi connectivity index (χ2v) is 4.17. The first kappa shape index (κ1) is 10.4. The van der Waals surface area contributed by atoms with Crippen molar-refractivity contribution < 1.29 is 0 Å². The fourth-order valence-corrected chi connectivity index (χ4v) is 1.60. The van der Waals surface area contributed by atoms with Crippen LogP contribution in [0.4, 0.5) is 5.69 Å². The van der Waals surface area contributed by atoms with Gasteiger partial charge in [-0.25, -0.2) is 0 Å². The van der Waals surface area contributed by atoms with Crippen molar-refractivity contribution in [2.75, 3.05) is 19.0 Å². The molecule has 0 spiro atoms. The van der Waals surface area contributed by atoms with Gasteiger partial charge in [0.1, 0.15) is 0 Å². The minimum Gasteiger partial charge on any atom is -0.376 e. The molecular formula is C11H16ClN. The van der Waals surface area contributed by atoms with Gasteiger partial charge in [0, 0.05) is 14.1 Å². The molecule has 0 N–H and O–H groups in total. The van der Waals surface area contributed by atoms with Gasteiger partial charge in [-0.15, -0.1) is 0 Å². The normalized spacial score (nSPS) is 10.6. The molecule has 0 heterocycles. The highest BCUT2D eigenvalue weighted by molar-refractivity contribution is 6.33. The van der Waals surface area contributed by atoms with Gasteiger partial charge < -0.3 is 4.90 Å². The number of rotatable bonds is 2. The number of hydrogen-bond acceptors (Lipinski definition) is 1. The summed E-state index contributed by atoms with van der Waals surface area (Å²) in [6.45, 7) is 4.34. The molecule has 2 heteroatoms. The molecule has 13 heavy (non-hydrogen) atoms. The highest BCUT2D eigenvalue weighted by Gasteiger charge is 2.05. The van der Waals surface area contributed by atoms with Crippen molar-refractivity contribution in [3.63, 3.8) is 0 Å². The first-order valence-corrected chi connectivity index (χ1v) is 4.87. The van der Waals surface area contributed by atoms with Crippen LogP contribution in [-0.4, -0.2) is 14.1 Å². The largest absolute Gasteiger partial charge is 0.376 e. The molecule has 1 aromatic rings. The molecule has 0 aromatic heterocycles. The summed E-state index contributed by atoms with van der Waals surface area (Å²) < 4.78 is 0. The van der Waals surface area contributed by atoms with Crippen LogP contribution in [0.15, 0.2) is 18.2 Å². The lowest BCUT2D eigenvalue weighted by Crippen LogP contribution is -2.09. The van der Waals surface area contributed by atoms with E-state index in [1.165, 1.54) is 5.56 Å². The summed E-state index contributed by atoms with van der Waals surface area (Å²) in [4.78, 5) is 2.02. The van der Waals surface area contributed by atoms with Crippen LogP contribution in [0.3, 0.4) is 0 Å². The Bertz CT molecular complexity index is 292. The zero-order valence-corrected chi connectivity index (χ0v) is 9.39. The van der Waals surface area contributed by atoms with Crippen LogP contribution in [0.25, 0.3) is 0 Å². The molecule has 0 aliphatic carbocycles. The smallest absolute Gasteiger partial charge is 0.0642 e. The van der Waals surface area contributed by atoms with E-state index >= 15 is 0 Å². The van der Waals surface area contributed by atoms with Gasteiger partial charge in [-0.3, -0.25) is 0 Å². The Balaban J connectivity index is 3.06. The van der Waals surface area contributed by atoms with Crippen molar-refractivity contribution in [2.45, 2.75) is 19.8 Å². The van der Waals surface area contributed by atoms with Gasteiger partial charge in [-0.05, 0) is 23.6 Å². The van der Waals surface area contributed by atoms with E-state index in [2.05, 4.69) is 26.0 Å². The Kier molecular flexibility index (Phi) is 3.21. The average Bonchev–Trinajstić information content (AvgIpc) is 2.03. The van der Waals surface area contributed by atoms with Crippen molar-refractivity contribution in [2.24, 2.45) is 0 Å². The lowest BCUT2D eigenvalue weighted by atomic mass is 10.0. The molecule has 0 saturated heterocycles. The highest BCUT2D eigenvalue weighted by Crippen LogP contribution is 2.27. The minimum absolute atomic E-state index is 0.536. The van der Waals surface area contributed by atoms with E-state index in [9.17, 15) is 0 Å². The molecule has 1 rings (SSSR count). The molecule has 0 fully saturated rings. The van der Waals surface area contributed by atoms with Gasteiger partial charge in [0.2, 0.25) is 0 Å². The summed E-state index contributed by atoms with van der Waals surface area (Å²) in [5.41, 5.74) is 2.36. The highest BCUT2D eigenvalue weighted by atomic mass is 35.5. The van der Waals surface area contributed by atoms with Crippen LogP contribution in [0.1, 0.15) is 25.3 Å². The molecule has 0 atom stereocenters. The van der Waals surface area contributed by atoms with Gasteiger partial charge in [0.25, 0.3) is 0 Å². The molecule has 0 aliphatic heterocycles. The predicted octanol–water partition coefficient (Wildman–Crippen LogP) is 3.53. The molecule has 0 amide bonds. The molecular weight excluding hydrogens is 182 g/mol. The van der Waals surface area contributed by atoms with Crippen LogP contribution in [0.5, 0.6) is 0 Å². The number of nitrogens with zero attached hydrogens (tertiary/aromatic N) is 1. The number of hydrogen-bond donors (Lipinski definition) is 0. The zero-order valence-electron chi connectivity index (χ0n) is 8.63. The van der Waals surface area contributed by atoms with Gasteiger partial charge in [-0.2, -0.15) is 0 Å². The first-order valence-electron chi connectivity index (χ1n) is 4.49. The third-order valence-electron chi connectivity index (χ3n) is 2.12. The van der Waals surface area contributed by atoms with E-state index in [0.717, 1.165) is 10.7 Å². The standard InChI is InChI=1S/C11H16ClN/c1-8(2)9-5-6-11(13(3)4)10(12)7-9/h5-8H,1-4H3. The molecule has 1 nitrogen and oxygen atoms in total. The van der Waals surface area contributed by atoms with Crippen LogP contribution in [-0.2, 0) is 0 Å². The van der Waals surface area contributed by atoms with Crippen molar-refractivity contribution in [1.29, 1.82) is 0 Å². The topological polar surface area (TPSA) is 3.24 Å². The van der Waals surface area contributed by atoms with E-state index in [1.54, 1.807) is 0 Å². The maximum Gasteiger partial charge on any atom is 0.0642 e. The lowest BCUT2D eigenvalue weighted by Gasteiger charge is -2.16. The number of halogens is 1. The second-order valence-electron chi connectivity index (χ2n) is 3.76. The van der Waals surface area contributed by atoms with E-state index in [4.69, 9.17) is 11.6 Å². The van der Waals surface area contributed by atoms with Crippen LogP contribution >= 0.6 is 11.6 Å². The third-order valence-corrected chi connectivity index (χ3v) is 2.42. The quantitative estimate of drug-likeness (QED) is 0.701. The molecule has 72 valence electrons. The molecule has 0 bridgehead atoms. The molecule has 1 aromatic carbocycles. The van der Waals surface area contributed by atoms with Crippen molar-refractivity contribution in [3.05, 3.63) is 28.8 Å². The van der Waals surface area contributed by atoms with Gasteiger partial charge in [0.15, 0.2) is 0 Å². The Morgan fingerprint density at radius 3 is 2.23 bits per heavy atom. The summed E-state index contributed by atoms with van der Waals surface area (Å²) in [6, 6.07) is 6.24. The summed E-state index contributed by atoms with van der Waals surface area (Å²) in [5, 5.41) is 0.830. The maximum atomic E-state index is 6.13. The fraction of sp³-hybridized carbons (Fsp3) is 0.455. The van der Waals surface area contributed by atoms with Crippen LogP contribution in [0.2, 0.25) is 5.02 Å². The van der Waals surface area contributed by atoms with Crippen molar-refractivity contribution in [1.82, 2.24) is 0 Å². The number of benzene rings is 1. The second kappa shape index (κ2) is 4.01. The third kappa shape index (κ3) is 2.38. The Hall–Kier alpha value is -0.690. The first-order chi connectivity index (χ1) is 6.02. The van der Waals surface area contributed by atoms with E-state index < -0.39 is 0 Å². The fourth-order valence-electron chi connectivity index (χ4n) is 1.24. The van der Waals surface area contributed by atoms with E-state index in [-0.39, 0.29) is 0 Å².